The van der Waals surface area contributed by atoms with E-state index in [1.807, 2.05) is 29.2 Å². The molecule has 0 fully saturated rings. The second-order valence-electron chi connectivity index (χ2n) is 12.9. The Balaban J connectivity index is 1.17. The van der Waals surface area contributed by atoms with Crippen LogP contribution in [0, 0.1) is 0 Å². The molecule has 5 heteroatoms. The van der Waals surface area contributed by atoms with Gasteiger partial charge in [-0.2, -0.15) is 0 Å². The number of ether oxygens (including phenoxy) is 1. The number of allylic oxidation sites excluding steroid dienone is 1. The predicted octanol–water partition coefficient (Wildman–Crippen LogP) is 8.81. The number of hydrogen-bond donors (Lipinski definition) is 0. The van der Waals surface area contributed by atoms with Crippen LogP contribution in [0.25, 0.3) is 59.9 Å². The fraction of sp³-hybridized carbons (Fsp3) is 0.125. The quantitative estimate of drug-likeness (QED) is 0.0841. The first-order chi connectivity index (χ1) is 22.1. The summed E-state index contributed by atoms with van der Waals surface area (Å²) < 4.78 is 5.02. The summed E-state index contributed by atoms with van der Waals surface area (Å²) in [4.78, 5) is 41.9. The molecule has 2 heterocycles. The van der Waals surface area contributed by atoms with E-state index in [-0.39, 0.29) is 5.91 Å². The molecule has 0 N–H and O–H groups in total. The molecule has 4 aliphatic rings. The van der Waals surface area contributed by atoms with E-state index >= 15 is 0 Å². The average Bonchev–Trinajstić information content (AvgIpc) is 3.07. The van der Waals surface area contributed by atoms with E-state index in [0.717, 1.165) is 67.2 Å². The molecule has 2 aliphatic carbocycles. The number of esters is 2. The van der Waals surface area contributed by atoms with E-state index in [0.29, 0.717) is 34.5 Å². The van der Waals surface area contributed by atoms with Crippen molar-refractivity contribution in [2.75, 3.05) is 4.90 Å². The smallest absolute Gasteiger partial charge is 0.346 e. The van der Waals surface area contributed by atoms with Gasteiger partial charge in [-0.25, -0.2) is 9.59 Å². The maximum absolute atomic E-state index is 14.6. The summed E-state index contributed by atoms with van der Waals surface area (Å²) in [6.45, 7) is 0.490. The largest absolute Gasteiger partial charge is 0.386 e. The van der Waals surface area contributed by atoms with E-state index in [1.54, 1.807) is 12.1 Å². The molecule has 45 heavy (non-hydrogen) atoms. The van der Waals surface area contributed by atoms with Crippen molar-refractivity contribution in [2.24, 2.45) is 0 Å². The van der Waals surface area contributed by atoms with Gasteiger partial charge >= 0.3 is 11.9 Å². The van der Waals surface area contributed by atoms with Gasteiger partial charge in [-0.3, -0.25) is 4.79 Å². The van der Waals surface area contributed by atoms with Crippen LogP contribution >= 0.6 is 0 Å². The Morgan fingerprint density at radius 2 is 1.33 bits per heavy atom. The first-order valence-corrected chi connectivity index (χ1v) is 15.6. The van der Waals surface area contributed by atoms with Gasteiger partial charge in [0.1, 0.15) is 0 Å². The topological polar surface area (TPSA) is 63.7 Å². The van der Waals surface area contributed by atoms with Gasteiger partial charge in [-0.1, -0.05) is 60.7 Å². The van der Waals surface area contributed by atoms with Crippen molar-refractivity contribution in [3.63, 3.8) is 0 Å². The summed E-state index contributed by atoms with van der Waals surface area (Å²) in [5.41, 5.74) is 7.69. The van der Waals surface area contributed by atoms with Crippen LogP contribution in [0.3, 0.4) is 0 Å². The molecule has 0 saturated heterocycles. The number of benzene rings is 7. The SMILES string of the molecule is O=C1OC(=O)c2ccc3c4ccc5c6c(ccc(c7ccc1c2c73)c64)CN(c1cc2c3c4c(cccc14)C=CC3CCC2)C5=O. The molecule has 0 spiro atoms. The van der Waals surface area contributed by atoms with Crippen molar-refractivity contribution in [3.8, 4) is 0 Å². The van der Waals surface area contributed by atoms with Gasteiger partial charge in [0.15, 0.2) is 0 Å². The summed E-state index contributed by atoms with van der Waals surface area (Å²) in [5, 5.41) is 9.99. The number of carbonyl (C=O) groups is 3. The van der Waals surface area contributed by atoms with Crippen LogP contribution in [0.5, 0.6) is 0 Å². The summed E-state index contributed by atoms with van der Waals surface area (Å²) in [6.07, 6.45) is 7.99. The number of rotatable bonds is 1. The first-order valence-electron chi connectivity index (χ1n) is 15.6. The lowest BCUT2D eigenvalue weighted by molar-refractivity contribution is 0.0391. The molecule has 0 bridgehead atoms. The molecule has 5 nitrogen and oxygen atoms in total. The highest BCUT2D eigenvalue weighted by Gasteiger charge is 2.34. The fourth-order valence-corrected chi connectivity index (χ4v) is 9.01. The van der Waals surface area contributed by atoms with Gasteiger partial charge < -0.3 is 9.64 Å². The van der Waals surface area contributed by atoms with Gasteiger partial charge in [-0.15, -0.1) is 0 Å². The number of fused-ring (bicyclic) bond motifs is 2. The zero-order valence-electron chi connectivity index (χ0n) is 24.1. The third-order valence-electron chi connectivity index (χ3n) is 10.8. The Kier molecular flexibility index (Phi) is 4.20. The number of nitrogens with zero attached hydrogens (tertiary/aromatic N) is 1. The summed E-state index contributed by atoms with van der Waals surface area (Å²) in [5.74, 6) is -0.761. The fourth-order valence-electron chi connectivity index (χ4n) is 9.01. The highest BCUT2D eigenvalue weighted by atomic mass is 16.6. The Morgan fingerprint density at radius 3 is 2.09 bits per heavy atom. The second kappa shape index (κ2) is 7.93. The van der Waals surface area contributed by atoms with Gasteiger partial charge in [-0.05, 0) is 103 Å². The van der Waals surface area contributed by atoms with Gasteiger partial charge in [0.25, 0.3) is 5.91 Å². The molecule has 212 valence electrons. The van der Waals surface area contributed by atoms with Crippen molar-refractivity contribution in [1.82, 2.24) is 0 Å². The third-order valence-corrected chi connectivity index (χ3v) is 10.8. The molecule has 0 saturated carbocycles. The number of aryl methyl sites for hydroxylation is 1. The van der Waals surface area contributed by atoms with Crippen molar-refractivity contribution in [1.29, 1.82) is 0 Å². The lowest BCUT2D eigenvalue weighted by atomic mass is 9.75. The van der Waals surface area contributed by atoms with Gasteiger partial charge in [0, 0.05) is 27.6 Å². The van der Waals surface area contributed by atoms with Crippen molar-refractivity contribution < 1.29 is 19.1 Å². The Morgan fingerprint density at radius 1 is 0.644 bits per heavy atom. The molecular weight excluding hydrogens is 558 g/mol. The van der Waals surface area contributed by atoms with Gasteiger partial charge in [0.2, 0.25) is 0 Å². The van der Waals surface area contributed by atoms with Gasteiger partial charge in [0.05, 0.1) is 23.4 Å². The number of hydrogen-bond acceptors (Lipinski definition) is 4. The number of anilines is 1. The first kappa shape index (κ1) is 23.9. The highest BCUT2D eigenvalue weighted by Crippen LogP contribution is 2.49. The molecule has 1 atom stereocenters. The van der Waals surface area contributed by atoms with Crippen molar-refractivity contribution >= 4 is 83.5 Å². The monoisotopic (exact) mass is 581 g/mol. The second-order valence-corrected chi connectivity index (χ2v) is 12.9. The Labute approximate surface area is 256 Å². The van der Waals surface area contributed by atoms with Crippen LogP contribution in [0.2, 0.25) is 0 Å². The number of amides is 1. The Bertz CT molecular complexity index is 2580. The minimum absolute atomic E-state index is 0.0159. The lowest BCUT2D eigenvalue weighted by Gasteiger charge is -2.34. The van der Waals surface area contributed by atoms with Crippen molar-refractivity contribution in [3.05, 3.63) is 118 Å². The zero-order valence-corrected chi connectivity index (χ0v) is 24.1. The molecular formula is C40H23NO4. The van der Waals surface area contributed by atoms with Crippen LogP contribution in [-0.4, -0.2) is 17.8 Å². The average molecular weight is 582 g/mol. The molecule has 0 radical (unpaired) electrons. The molecule has 7 aromatic rings. The minimum Gasteiger partial charge on any atom is -0.386 e. The molecule has 11 rings (SSSR count). The standard InChI is InChI=1S/C40H23NO4/c42-38-28-14-11-24-26-13-16-30-37-29(39(43)45-40(30)44)15-12-25(36(26)37)23-10-9-22(34(28)35(23)24)18-41(38)31-17-21-5-1-3-19-7-8-20-4-2-6-27(31)33(20)32(19)21/h2,4,6-17,19H,1,3,5,18H2. The molecule has 2 aliphatic heterocycles. The van der Waals surface area contributed by atoms with Crippen LogP contribution in [0.1, 0.15) is 72.1 Å². The highest BCUT2D eigenvalue weighted by molar-refractivity contribution is 6.39. The molecule has 7 aromatic carbocycles. The zero-order chi connectivity index (χ0) is 29.7. The summed E-state index contributed by atoms with van der Waals surface area (Å²) in [7, 11) is 0. The van der Waals surface area contributed by atoms with E-state index in [4.69, 9.17) is 4.74 Å². The van der Waals surface area contributed by atoms with Crippen LogP contribution in [0.4, 0.5) is 5.69 Å². The maximum Gasteiger partial charge on any atom is 0.346 e. The third kappa shape index (κ3) is 2.78. The molecule has 0 aromatic heterocycles. The Hall–Kier alpha value is -5.55. The van der Waals surface area contributed by atoms with Crippen LogP contribution < -0.4 is 4.90 Å². The number of cyclic esters (lactones) is 2. The summed E-state index contributed by atoms with van der Waals surface area (Å²) in [6, 6.07) is 24.5. The molecule has 1 amide bonds. The predicted molar refractivity (Wildman–Crippen MR) is 177 cm³/mol. The van der Waals surface area contributed by atoms with Crippen LogP contribution in [-0.2, 0) is 17.7 Å². The van der Waals surface area contributed by atoms with E-state index in [9.17, 15) is 14.4 Å². The normalized spacial score (nSPS) is 18.3. The van der Waals surface area contributed by atoms with E-state index in [2.05, 4.69) is 48.6 Å². The minimum atomic E-state index is -0.614. The van der Waals surface area contributed by atoms with Crippen molar-refractivity contribution in [2.45, 2.75) is 31.7 Å². The summed E-state index contributed by atoms with van der Waals surface area (Å²) >= 11 is 0. The van der Waals surface area contributed by atoms with E-state index in [1.165, 1.54) is 28.5 Å². The maximum atomic E-state index is 14.6. The van der Waals surface area contributed by atoms with E-state index < -0.39 is 11.9 Å². The van der Waals surface area contributed by atoms with Crippen LogP contribution in [0.15, 0.2) is 78.9 Å². The lowest BCUT2D eigenvalue weighted by Crippen LogP contribution is -2.34. The number of carbonyl (C=O) groups excluding carboxylic acids is 3. The molecule has 1 unspecified atom stereocenters.